The van der Waals surface area contributed by atoms with E-state index in [1.165, 1.54) is 24.8 Å². The van der Waals surface area contributed by atoms with Crippen molar-refractivity contribution in [3.05, 3.63) is 59.7 Å². The number of anilines is 1. The lowest BCUT2D eigenvalue weighted by Gasteiger charge is -2.33. The molecule has 2 atom stereocenters. The Morgan fingerprint density at radius 1 is 1.29 bits per heavy atom. The quantitative estimate of drug-likeness (QED) is 0.813. The Hall–Kier alpha value is -2.84. The Kier molecular flexibility index (Phi) is 6.67. The number of nitriles is 1. The molecule has 1 amide bonds. The van der Waals surface area contributed by atoms with Crippen LogP contribution in [0.2, 0.25) is 0 Å². The van der Waals surface area contributed by atoms with Crippen molar-refractivity contribution in [2.45, 2.75) is 51.8 Å². The molecule has 3 rings (SSSR count). The van der Waals surface area contributed by atoms with Gasteiger partial charge in [-0.2, -0.15) is 5.26 Å². The molecule has 5 heteroatoms. The average Bonchev–Trinajstić information content (AvgIpc) is 2.71. The summed E-state index contributed by atoms with van der Waals surface area (Å²) in [4.78, 5) is 14.9. The average molecular weight is 377 g/mol. The van der Waals surface area contributed by atoms with Gasteiger partial charge in [0.25, 0.3) is 5.91 Å². The Labute approximate surface area is 166 Å². The summed E-state index contributed by atoms with van der Waals surface area (Å²) in [5.74, 6) is 0.285. The molecule has 1 heterocycles. The number of benzene rings is 2. The molecule has 1 N–H and O–H groups in total. The zero-order valence-electron chi connectivity index (χ0n) is 16.5. The molecule has 2 aromatic rings. The first-order valence-electron chi connectivity index (χ1n) is 9.86. The molecular weight excluding hydrogens is 350 g/mol. The summed E-state index contributed by atoms with van der Waals surface area (Å²) < 4.78 is 5.66. The van der Waals surface area contributed by atoms with Gasteiger partial charge >= 0.3 is 0 Å². The maximum absolute atomic E-state index is 12.4. The molecule has 28 heavy (non-hydrogen) atoms. The molecule has 2 aromatic carbocycles. The number of ether oxygens (including phenoxy) is 1. The highest BCUT2D eigenvalue weighted by Gasteiger charge is 2.18. The first-order valence-corrected chi connectivity index (χ1v) is 9.86. The zero-order chi connectivity index (χ0) is 19.9. The standard InChI is InChI=1S/C23H27N3O2/c1-17-6-3-4-13-26(17)16-19-9-11-21(12-10-19)25-23(27)18(2)28-22-8-5-7-20(14-22)15-24/h5,7-12,14,17-18H,3-4,6,13,16H2,1-2H3,(H,25,27). The van der Waals surface area contributed by atoms with Crippen molar-refractivity contribution in [1.29, 1.82) is 5.26 Å². The molecule has 1 saturated heterocycles. The van der Waals surface area contributed by atoms with Crippen LogP contribution in [0, 0.1) is 11.3 Å². The first kappa shape index (κ1) is 19.9. The van der Waals surface area contributed by atoms with Crippen LogP contribution < -0.4 is 10.1 Å². The normalized spacial score (nSPS) is 18.1. The van der Waals surface area contributed by atoms with E-state index >= 15 is 0 Å². The van der Waals surface area contributed by atoms with Crippen molar-refractivity contribution >= 4 is 11.6 Å². The zero-order valence-corrected chi connectivity index (χ0v) is 16.5. The summed E-state index contributed by atoms with van der Waals surface area (Å²) in [6.45, 7) is 6.09. The summed E-state index contributed by atoms with van der Waals surface area (Å²) >= 11 is 0. The summed E-state index contributed by atoms with van der Waals surface area (Å²) in [6, 6.07) is 17.5. The van der Waals surface area contributed by atoms with Gasteiger partial charge in [-0.15, -0.1) is 0 Å². The van der Waals surface area contributed by atoms with Crippen molar-refractivity contribution < 1.29 is 9.53 Å². The monoisotopic (exact) mass is 377 g/mol. The first-order chi connectivity index (χ1) is 13.5. The van der Waals surface area contributed by atoms with Crippen molar-refractivity contribution in [3.63, 3.8) is 0 Å². The second-order valence-corrected chi connectivity index (χ2v) is 7.40. The Balaban J connectivity index is 1.54. The highest BCUT2D eigenvalue weighted by Crippen LogP contribution is 2.20. The predicted molar refractivity (Wildman–Crippen MR) is 110 cm³/mol. The molecule has 5 nitrogen and oxygen atoms in total. The second kappa shape index (κ2) is 9.38. The van der Waals surface area contributed by atoms with Gasteiger partial charge < -0.3 is 10.1 Å². The smallest absolute Gasteiger partial charge is 0.265 e. The fourth-order valence-electron chi connectivity index (χ4n) is 3.46. The molecule has 1 aliphatic heterocycles. The largest absolute Gasteiger partial charge is 0.481 e. The van der Waals surface area contributed by atoms with Gasteiger partial charge in [-0.3, -0.25) is 9.69 Å². The molecule has 0 bridgehead atoms. The van der Waals surface area contributed by atoms with Crippen LogP contribution >= 0.6 is 0 Å². The van der Waals surface area contributed by atoms with Crippen LogP contribution in [0.4, 0.5) is 5.69 Å². The third kappa shape index (κ3) is 5.34. The van der Waals surface area contributed by atoms with Crippen molar-refractivity contribution in [3.8, 4) is 11.8 Å². The third-order valence-corrected chi connectivity index (χ3v) is 5.19. The van der Waals surface area contributed by atoms with E-state index < -0.39 is 6.10 Å². The van der Waals surface area contributed by atoms with Crippen LogP contribution in [0.5, 0.6) is 5.75 Å². The fourth-order valence-corrected chi connectivity index (χ4v) is 3.46. The summed E-state index contributed by atoms with van der Waals surface area (Å²) in [7, 11) is 0. The van der Waals surface area contributed by atoms with Gasteiger partial charge in [0.15, 0.2) is 6.10 Å². The molecule has 2 unspecified atom stereocenters. The Morgan fingerprint density at radius 2 is 2.07 bits per heavy atom. The summed E-state index contributed by atoms with van der Waals surface area (Å²) in [5, 5.41) is 11.8. The van der Waals surface area contributed by atoms with Crippen molar-refractivity contribution in [2.75, 3.05) is 11.9 Å². The Morgan fingerprint density at radius 3 is 2.79 bits per heavy atom. The topological polar surface area (TPSA) is 65.4 Å². The van der Waals surface area contributed by atoms with E-state index in [1.54, 1.807) is 31.2 Å². The highest BCUT2D eigenvalue weighted by molar-refractivity contribution is 5.94. The van der Waals surface area contributed by atoms with Gasteiger partial charge in [-0.05, 0) is 69.1 Å². The second-order valence-electron chi connectivity index (χ2n) is 7.40. The number of carbonyl (C=O) groups is 1. The maximum atomic E-state index is 12.4. The van der Waals surface area contributed by atoms with E-state index in [0.717, 1.165) is 18.8 Å². The lowest BCUT2D eigenvalue weighted by atomic mass is 10.0. The van der Waals surface area contributed by atoms with E-state index in [9.17, 15) is 4.79 Å². The number of carbonyl (C=O) groups excluding carboxylic acids is 1. The summed E-state index contributed by atoms with van der Waals surface area (Å²) in [5.41, 5.74) is 2.51. The van der Waals surface area contributed by atoms with Crippen LogP contribution in [0.15, 0.2) is 48.5 Å². The van der Waals surface area contributed by atoms with Gasteiger partial charge in [-0.25, -0.2) is 0 Å². The fraction of sp³-hybridized carbons (Fsp3) is 0.391. The van der Waals surface area contributed by atoms with E-state index in [4.69, 9.17) is 10.00 Å². The number of rotatable bonds is 6. The highest BCUT2D eigenvalue weighted by atomic mass is 16.5. The van der Waals surface area contributed by atoms with Crippen LogP contribution in [0.25, 0.3) is 0 Å². The molecule has 0 spiro atoms. The minimum Gasteiger partial charge on any atom is -0.481 e. The van der Waals surface area contributed by atoms with E-state index in [2.05, 4.69) is 35.3 Å². The predicted octanol–water partition coefficient (Wildman–Crippen LogP) is 4.34. The minimum absolute atomic E-state index is 0.222. The lowest BCUT2D eigenvalue weighted by Crippen LogP contribution is -2.36. The maximum Gasteiger partial charge on any atom is 0.265 e. The van der Waals surface area contributed by atoms with Gasteiger partial charge in [0.1, 0.15) is 5.75 Å². The lowest BCUT2D eigenvalue weighted by molar-refractivity contribution is -0.122. The molecule has 0 aromatic heterocycles. The third-order valence-electron chi connectivity index (χ3n) is 5.19. The van der Waals surface area contributed by atoms with E-state index in [-0.39, 0.29) is 5.91 Å². The van der Waals surface area contributed by atoms with Gasteiger partial charge in [0, 0.05) is 18.3 Å². The molecule has 1 fully saturated rings. The number of nitrogens with zero attached hydrogens (tertiary/aromatic N) is 2. The number of hydrogen-bond donors (Lipinski definition) is 1. The number of likely N-dealkylation sites (tertiary alicyclic amines) is 1. The number of piperidine rings is 1. The van der Waals surface area contributed by atoms with Gasteiger partial charge in [0.05, 0.1) is 11.6 Å². The van der Waals surface area contributed by atoms with Crippen molar-refractivity contribution in [1.82, 2.24) is 4.90 Å². The molecule has 146 valence electrons. The molecule has 1 aliphatic rings. The number of amides is 1. The number of hydrogen-bond acceptors (Lipinski definition) is 4. The van der Waals surface area contributed by atoms with Crippen LogP contribution in [0.1, 0.15) is 44.2 Å². The van der Waals surface area contributed by atoms with Crippen LogP contribution in [-0.2, 0) is 11.3 Å². The number of nitrogens with one attached hydrogen (secondary N) is 1. The van der Waals surface area contributed by atoms with Crippen LogP contribution in [-0.4, -0.2) is 29.5 Å². The minimum atomic E-state index is -0.664. The SMILES string of the molecule is CC(Oc1cccc(C#N)c1)C(=O)Nc1ccc(CN2CCCCC2C)cc1. The molecule has 0 saturated carbocycles. The summed E-state index contributed by atoms with van der Waals surface area (Å²) in [6.07, 6.45) is 3.20. The van der Waals surface area contributed by atoms with Crippen molar-refractivity contribution in [2.24, 2.45) is 0 Å². The van der Waals surface area contributed by atoms with Crippen LogP contribution in [0.3, 0.4) is 0 Å². The van der Waals surface area contributed by atoms with Gasteiger partial charge in [-0.1, -0.05) is 24.6 Å². The van der Waals surface area contributed by atoms with E-state index in [0.29, 0.717) is 17.4 Å². The van der Waals surface area contributed by atoms with Gasteiger partial charge in [0.2, 0.25) is 0 Å². The molecule has 0 radical (unpaired) electrons. The molecular formula is C23H27N3O2. The Bertz CT molecular complexity index is 842. The molecule has 0 aliphatic carbocycles. The van der Waals surface area contributed by atoms with E-state index in [1.807, 2.05) is 12.1 Å².